The van der Waals surface area contributed by atoms with Crippen molar-refractivity contribution in [3.63, 3.8) is 0 Å². The summed E-state index contributed by atoms with van der Waals surface area (Å²) in [5, 5.41) is 6.05. The molecule has 23 heavy (non-hydrogen) atoms. The van der Waals surface area contributed by atoms with Gasteiger partial charge < -0.3 is 10.6 Å². The van der Waals surface area contributed by atoms with Crippen LogP contribution >= 0.6 is 11.3 Å². The minimum absolute atomic E-state index is 0.0738. The second-order valence-electron chi connectivity index (χ2n) is 5.61. The van der Waals surface area contributed by atoms with Gasteiger partial charge in [0.05, 0.1) is 6.42 Å². The SMILES string of the molecule is CCCNCCNC(=O)Cc1ccc(S(=O)(=O)N2CCCC2)s1. The predicted molar refractivity (Wildman–Crippen MR) is 92.2 cm³/mol. The van der Waals surface area contributed by atoms with E-state index in [-0.39, 0.29) is 12.3 Å². The number of hydrogen-bond acceptors (Lipinski definition) is 5. The Hall–Kier alpha value is -0.960. The van der Waals surface area contributed by atoms with Crippen molar-refractivity contribution < 1.29 is 13.2 Å². The van der Waals surface area contributed by atoms with Crippen LogP contribution in [-0.4, -0.2) is 51.4 Å². The summed E-state index contributed by atoms with van der Waals surface area (Å²) in [5.74, 6) is -0.0738. The summed E-state index contributed by atoms with van der Waals surface area (Å²) in [4.78, 5) is 12.6. The van der Waals surface area contributed by atoms with Crippen molar-refractivity contribution in [2.24, 2.45) is 0 Å². The maximum Gasteiger partial charge on any atom is 0.252 e. The molecule has 130 valence electrons. The Morgan fingerprint density at radius 1 is 1.22 bits per heavy atom. The zero-order valence-electron chi connectivity index (χ0n) is 13.5. The first-order valence-corrected chi connectivity index (χ1v) is 10.4. The van der Waals surface area contributed by atoms with E-state index in [2.05, 4.69) is 17.6 Å². The Morgan fingerprint density at radius 3 is 2.65 bits per heavy atom. The van der Waals surface area contributed by atoms with Crippen molar-refractivity contribution in [2.75, 3.05) is 32.7 Å². The van der Waals surface area contributed by atoms with Gasteiger partial charge in [-0.2, -0.15) is 4.31 Å². The van der Waals surface area contributed by atoms with Crippen LogP contribution in [0.5, 0.6) is 0 Å². The minimum Gasteiger partial charge on any atom is -0.355 e. The number of nitrogens with one attached hydrogen (secondary N) is 2. The number of sulfonamides is 1. The molecule has 1 saturated heterocycles. The van der Waals surface area contributed by atoms with Gasteiger partial charge in [-0.3, -0.25) is 4.79 Å². The van der Waals surface area contributed by atoms with Gasteiger partial charge in [-0.25, -0.2) is 8.42 Å². The Kier molecular flexibility index (Phi) is 7.01. The fraction of sp³-hybridized carbons (Fsp3) is 0.667. The summed E-state index contributed by atoms with van der Waals surface area (Å²) in [7, 11) is -3.37. The van der Waals surface area contributed by atoms with Gasteiger partial charge in [-0.1, -0.05) is 6.92 Å². The van der Waals surface area contributed by atoms with Crippen LogP contribution in [0.4, 0.5) is 0 Å². The van der Waals surface area contributed by atoms with Crippen molar-refractivity contribution in [1.29, 1.82) is 0 Å². The molecule has 0 aromatic carbocycles. The maximum absolute atomic E-state index is 12.4. The monoisotopic (exact) mass is 359 g/mol. The van der Waals surface area contributed by atoms with Gasteiger partial charge in [0.25, 0.3) is 10.0 Å². The predicted octanol–water partition coefficient (Wildman–Crippen LogP) is 1.19. The van der Waals surface area contributed by atoms with Crippen molar-refractivity contribution >= 4 is 27.3 Å². The van der Waals surface area contributed by atoms with Crippen molar-refractivity contribution in [2.45, 2.75) is 36.8 Å². The van der Waals surface area contributed by atoms with Crippen LogP contribution in [-0.2, 0) is 21.2 Å². The molecule has 0 spiro atoms. The highest BCUT2D eigenvalue weighted by molar-refractivity contribution is 7.91. The van der Waals surface area contributed by atoms with Gasteiger partial charge in [0.2, 0.25) is 5.91 Å². The summed E-state index contributed by atoms with van der Waals surface area (Å²) >= 11 is 1.20. The molecule has 0 radical (unpaired) electrons. The fourth-order valence-electron chi connectivity index (χ4n) is 2.46. The van der Waals surface area contributed by atoms with E-state index >= 15 is 0 Å². The third-order valence-electron chi connectivity index (χ3n) is 3.68. The second-order valence-corrected chi connectivity index (χ2v) is 8.94. The Balaban J connectivity index is 1.83. The highest BCUT2D eigenvalue weighted by atomic mass is 32.2. The summed E-state index contributed by atoms with van der Waals surface area (Å²) in [6.07, 6.45) is 3.14. The third-order valence-corrected chi connectivity index (χ3v) is 7.13. The normalized spacial score (nSPS) is 15.9. The first-order chi connectivity index (χ1) is 11.0. The maximum atomic E-state index is 12.4. The molecule has 0 unspecified atom stereocenters. The van der Waals surface area contributed by atoms with Crippen LogP contribution in [0.1, 0.15) is 31.1 Å². The molecule has 8 heteroatoms. The quantitative estimate of drug-likeness (QED) is 0.649. The van der Waals surface area contributed by atoms with Gasteiger partial charge >= 0.3 is 0 Å². The average Bonchev–Trinajstić information content (AvgIpc) is 3.19. The first kappa shape index (κ1) is 18.4. The Morgan fingerprint density at radius 2 is 1.96 bits per heavy atom. The summed E-state index contributed by atoms with van der Waals surface area (Å²) in [5.41, 5.74) is 0. The lowest BCUT2D eigenvalue weighted by atomic mass is 10.3. The highest BCUT2D eigenvalue weighted by Crippen LogP contribution is 2.27. The lowest BCUT2D eigenvalue weighted by molar-refractivity contribution is -0.120. The summed E-state index contributed by atoms with van der Waals surface area (Å²) in [6, 6.07) is 3.35. The first-order valence-electron chi connectivity index (χ1n) is 8.10. The number of amides is 1. The van der Waals surface area contributed by atoms with Crippen molar-refractivity contribution in [3.8, 4) is 0 Å². The van der Waals surface area contributed by atoms with Gasteiger partial charge in [-0.15, -0.1) is 11.3 Å². The number of nitrogens with zero attached hydrogens (tertiary/aromatic N) is 1. The van der Waals surface area contributed by atoms with E-state index < -0.39 is 10.0 Å². The lowest BCUT2D eigenvalue weighted by Gasteiger charge is -2.13. The molecule has 1 aromatic rings. The molecule has 2 heterocycles. The van der Waals surface area contributed by atoms with E-state index in [1.54, 1.807) is 12.1 Å². The largest absolute Gasteiger partial charge is 0.355 e. The van der Waals surface area contributed by atoms with E-state index in [0.29, 0.717) is 23.8 Å². The molecule has 2 rings (SSSR count). The topological polar surface area (TPSA) is 78.5 Å². The van der Waals surface area contributed by atoms with E-state index in [4.69, 9.17) is 0 Å². The molecule has 1 aromatic heterocycles. The van der Waals surface area contributed by atoms with Gasteiger partial charge in [0, 0.05) is 31.1 Å². The second kappa shape index (κ2) is 8.77. The molecule has 0 saturated carbocycles. The van der Waals surface area contributed by atoms with Crippen LogP contribution in [0.25, 0.3) is 0 Å². The molecule has 1 amide bonds. The third kappa shape index (κ3) is 5.27. The highest BCUT2D eigenvalue weighted by Gasteiger charge is 2.28. The smallest absolute Gasteiger partial charge is 0.252 e. The van der Waals surface area contributed by atoms with Crippen LogP contribution < -0.4 is 10.6 Å². The number of hydrogen-bond donors (Lipinski definition) is 2. The van der Waals surface area contributed by atoms with Crippen LogP contribution in [0.2, 0.25) is 0 Å². The van der Waals surface area contributed by atoms with Crippen LogP contribution in [0, 0.1) is 0 Å². The van der Waals surface area contributed by atoms with E-state index in [9.17, 15) is 13.2 Å². The zero-order chi connectivity index (χ0) is 16.7. The number of rotatable bonds is 9. The lowest BCUT2D eigenvalue weighted by Crippen LogP contribution is -2.32. The van der Waals surface area contributed by atoms with E-state index in [1.807, 2.05) is 0 Å². The summed E-state index contributed by atoms with van der Waals surface area (Å²) < 4.78 is 26.7. The van der Waals surface area contributed by atoms with Crippen molar-refractivity contribution in [1.82, 2.24) is 14.9 Å². The molecule has 0 aliphatic carbocycles. The van der Waals surface area contributed by atoms with Crippen LogP contribution in [0.15, 0.2) is 16.3 Å². The van der Waals surface area contributed by atoms with Crippen molar-refractivity contribution in [3.05, 3.63) is 17.0 Å². The fourth-order valence-corrected chi connectivity index (χ4v) is 5.49. The van der Waals surface area contributed by atoms with Gasteiger partial charge in [0.15, 0.2) is 0 Å². The zero-order valence-corrected chi connectivity index (χ0v) is 15.1. The molecule has 1 fully saturated rings. The Bertz CT molecular complexity index is 607. The van der Waals surface area contributed by atoms with Gasteiger partial charge in [0.1, 0.15) is 4.21 Å². The molecule has 0 atom stereocenters. The number of carbonyl (C=O) groups excluding carboxylic acids is 1. The molecule has 1 aliphatic rings. The molecule has 2 N–H and O–H groups in total. The molecule has 1 aliphatic heterocycles. The number of carbonyl (C=O) groups is 1. The Labute approximate surface area is 142 Å². The molecular weight excluding hydrogens is 334 g/mol. The van der Waals surface area contributed by atoms with E-state index in [0.717, 1.165) is 37.2 Å². The molecule has 6 nitrogen and oxygen atoms in total. The summed E-state index contributed by atoms with van der Waals surface area (Å²) in [6.45, 7) is 5.57. The standard InChI is InChI=1S/C15H25N3O3S2/c1-2-7-16-8-9-17-14(19)12-13-5-6-15(22-13)23(20,21)18-10-3-4-11-18/h5-6,16H,2-4,7-12H2,1H3,(H,17,19). The number of thiophene rings is 1. The van der Waals surface area contributed by atoms with Gasteiger partial charge in [-0.05, 0) is 37.9 Å². The average molecular weight is 360 g/mol. The van der Waals surface area contributed by atoms with Crippen LogP contribution in [0.3, 0.4) is 0 Å². The molecular formula is C15H25N3O3S2. The minimum atomic E-state index is -3.37. The van der Waals surface area contributed by atoms with E-state index in [1.165, 1.54) is 15.6 Å². The molecule has 0 bridgehead atoms.